The Morgan fingerprint density at radius 1 is 1.10 bits per heavy atom. The van der Waals surface area contributed by atoms with Crippen molar-refractivity contribution in [1.82, 2.24) is 0 Å². The van der Waals surface area contributed by atoms with Crippen LogP contribution < -0.4 is 0 Å². The number of aldehydes is 1. The molecule has 1 aliphatic heterocycles. The second kappa shape index (κ2) is 7.38. The van der Waals surface area contributed by atoms with E-state index in [1.807, 2.05) is 13.8 Å². The molecule has 0 aliphatic carbocycles. The first kappa shape index (κ1) is 16.6. The highest BCUT2D eigenvalue weighted by Gasteiger charge is 2.43. The molecule has 0 saturated carbocycles. The van der Waals surface area contributed by atoms with Crippen LogP contribution in [0.15, 0.2) is 0 Å². The number of hydrogen-bond acceptors (Lipinski definition) is 6. The Balaban J connectivity index is 2.83. The molecule has 2 unspecified atom stereocenters. The standard InChI is InChI=1S/C14H22O6/c1-8-9(2)14(19-11(4)17)13(7-18-10(3)16)20-12(8)5-6-15/h6,8-9,12-14H,5,7H2,1-4H3/t8?,9-,12-,13?,14-/m1/s1. The Hall–Kier alpha value is -1.43. The van der Waals surface area contributed by atoms with Crippen LogP contribution in [0.4, 0.5) is 0 Å². The van der Waals surface area contributed by atoms with Crippen molar-refractivity contribution in [1.29, 1.82) is 0 Å². The van der Waals surface area contributed by atoms with Gasteiger partial charge in [-0.25, -0.2) is 0 Å². The molecule has 1 rings (SSSR count). The minimum absolute atomic E-state index is 0.0122. The molecule has 0 aromatic rings. The van der Waals surface area contributed by atoms with E-state index in [1.165, 1.54) is 13.8 Å². The summed E-state index contributed by atoms with van der Waals surface area (Å²) in [5.41, 5.74) is 0. The predicted octanol–water partition coefficient (Wildman–Crippen LogP) is 1.11. The number of carbonyl (C=O) groups is 3. The van der Waals surface area contributed by atoms with Crippen LogP contribution >= 0.6 is 0 Å². The van der Waals surface area contributed by atoms with Crippen molar-refractivity contribution in [3.8, 4) is 0 Å². The Morgan fingerprint density at radius 3 is 2.25 bits per heavy atom. The zero-order chi connectivity index (χ0) is 15.3. The van der Waals surface area contributed by atoms with Gasteiger partial charge in [0.1, 0.15) is 25.1 Å². The van der Waals surface area contributed by atoms with Gasteiger partial charge in [0.2, 0.25) is 0 Å². The lowest BCUT2D eigenvalue weighted by Crippen LogP contribution is -2.52. The summed E-state index contributed by atoms with van der Waals surface area (Å²) in [5.74, 6) is -0.746. The number of carbonyl (C=O) groups excluding carboxylic acids is 3. The first-order chi connectivity index (χ1) is 9.36. The highest BCUT2D eigenvalue weighted by molar-refractivity contribution is 5.66. The lowest BCUT2D eigenvalue weighted by atomic mass is 9.80. The van der Waals surface area contributed by atoms with E-state index in [9.17, 15) is 14.4 Å². The number of rotatable bonds is 5. The van der Waals surface area contributed by atoms with E-state index < -0.39 is 24.1 Å². The van der Waals surface area contributed by atoms with Gasteiger partial charge in [-0.05, 0) is 5.92 Å². The first-order valence-electron chi connectivity index (χ1n) is 6.76. The number of esters is 2. The minimum atomic E-state index is -0.543. The highest BCUT2D eigenvalue weighted by Crippen LogP contribution is 2.34. The van der Waals surface area contributed by atoms with Gasteiger partial charge in [-0.2, -0.15) is 0 Å². The minimum Gasteiger partial charge on any atom is -0.463 e. The van der Waals surface area contributed by atoms with Crippen molar-refractivity contribution < 1.29 is 28.6 Å². The van der Waals surface area contributed by atoms with Gasteiger partial charge in [0.25, 0.3) is 0 Å². The van der Waals surface area contributed by atoms with E-state index in [-0.39, 0.29) is 31.0 Å². The zero-order valence-electron chi connectivity index (χ0n) is 12.3. The van der Waals surface area contributed by atoms with E-state index in [4.69, 9.17) is 14.2 Å². The average molecular weight is 286 g/mol. The number of ether oxygens (including phenoxy) is 3. The molecule has 6 heteroatoms. The van der Waals surface area contributed by atoms with Gasteiger partial charge < -0.3 is 19.0 Å². The van der Waals surface area contributed by atoms with Crippen LogP contribution in [0.3, 0.4) is 0 Å². The summed E-state index contributed by atoms with van der Waals surface area (Å²) in [6, 6.07) is 0. The van der Waals surface area contributed by atoms with Crippen molar-refractivity contribution in [2.24, 2.45) is 11.8 Å². The van der Waals surface area contributed by atoms with Gasteiger partial charge in [0.05, 0.1) is 6.10 Å². The Labute approximate surface area is 118 Å². The molecule has 1 fully saturated rings. The van der Waals surface area contributed by atoms with Gasteiger partial charge in [-0.15, -0.1) is 0 Å². The Kier molecular flexibility index (Phi) is 6.13. The third-order valence-electron chi connectivity index (χ3n) is 3.73. The fraction of sp³-hybridized carbons (Fsp3) is 0.786. The van der Waals surface area contributed by atoms with E-state index in [0.29, 0.717) is 0 Å². The van der Waals surface area contributed by atoms with E-state index in [0.717, 1.165) is 6.29 Å². The molecule has 0 spiro atoms. The third-order valence-corrected chi connectivity index (χ3v) is 3.73. The average Bonchev–Trinajstić information content (AvgIpc) is 2.36. The van der Waals surface area contributed by atoms with Crippen LogP contribution in [0, 0.1) is 11.8 Å². The molecule has 0 aromatic heterocycles. The quantitative estimate of drug-likeness (QED) is 0.556. The van der Waals surface area contributed by atoms with Crippen LogP contribution in [0.25, 0.3) is 0 Å². The fourth-order valence-electron chi connectivity index (χ4n) is 2.48. The molecule has 0 amide bonds. The van der Waals surface area contributed by atoms with Crippen LogP contribution in [0.2, 0.25) is 0 Å². The maximum absolute atomic E-state index is 11.2. The molecule has 1 saturated heterocycles. The molecule has 6 nitrogen and oxygen atoms in total. The van der Waals surface area contributed by atoms with Crippen LogP contribution in [-0.2, 0) is 28.6 Å². The van der Waals surface area contributed by atoms with Gasteiger partial charge in [0, 0.05) is 26.2 Å². The van der Waals surface area contributed by atoms with Crippen molar-refractivity contribution in [3.63, 3.8) is 0 Å². The molecule has 5 atom stereocenters. The molecule has 1 aliphatic rings. The summed E-state index contributed by atoms with van der Waals surface area (Å²) in [6.45, 7) is 6.55. The van der Waals surface area contributed by atoms with E-state index in [2.05, 4.69) is 0 Å². The summed E-state index contributed by atoms with van der Waals surface area (Å²) >= 11 is 0. The van der Waals surface area contributed by atoms with E-state index in [1.54, 1.807) is 0 Å². The van der Waals surface area contributed by atoms with Crippen molar-refractivity contribution >= 4 is 18.2 Å². The third kappa shape index (κ3) is 4.30. The monoisotopic (exact) mass is 286 g/mol. The second-order valence-electron chi connectivity index (χ2n) is 5.21. The maximum atomic E-state index is 11.2. The molecule has 1 heterocycles. The summed E-state index contributed by atoms with van der Waals surface area (Å²) < 4.78 is 16.0. The first-order valence-corrected chi connectivity index (χ1v) is 6.76. The predicted molar refractivity (Wildman–Crippen MR) is 69.9 cm³/mol. The van der Waals surface area contributed by atoms with Crippen molar-refractivity contribution in [2.75, 3.05) is 6.61 Å². The highest BCUT2D eigenvalue weighted by atomic mass is 16.6. The second-order valence-corrected chi connectivity index (χ2v) is 5.21. The smallest absolute Gasteiger partial charge is 0.303 e. The summed E-state index contributed by atoms with van der Waals surface area (Å²) in [7, 11) is 0. The lowest BCUT2D eigenvalue weighted by Gasteiger charge is -2.43. The van der Waals surface area contributed by atoms with Crippen LogP contribution in [-0.4, -0.2) is 43.1 Å². The molecular formula is C14H22O6. The van der Waals surface area contributed by atoms with Gasteiger partial charge >= 0.3 is 11.9 Å². The van der Waals surface area contributed by atoms with Gasteiger partial charge in [-0.1, -0.05) is 13.8 Å². The largest absolute Gasteiger partial charge is 0.463 e. The van der Waals surface area contributed by atoms with Gasteiger partial charge in [0.15, 0.2) is 0 Å². The molecule has 0 bridgehead atoms. The fourth-order valence-corrected chi connectivity index (χ4v) is 2.48. The maximum Gasteiger partial charge on any atom is 0.303 e. The molecule has 114 valence electrons. The normalized spacial score (nSPS) is 33.3. The number of hydrogen-bond donors (Lipinski definition) is 0. The zero-order valence-corrected chi connectivity index (χ0v) is 12.3. The summed E-state index contributed by atoms with van der Waals surface area (Å²) in [4.78, 5) is 32.8. The molecule has 20 heavy (non-hydrogen) atoms. The topological polar surface area (TPSA) is 78.9 Å². The summed E-state index contributed by atoms with van der Waals surface area (Å²) in [5, 5.41) is 0. The lowest BCUT2D eigenvalue weighted by molar-refractivity contribution is -0.205. The Bertz CT molecular complexity index is 367. The van der Waals surface area contributed by atoms with E-state index >= 15 is 0 Å². The summed E-state index contributed by atoms with van der Waals surface area (Å²) in [6.07, 6.45) is -0.198. The van der Waals surface area contributed by atoms with Crippen molar-refractivity contribution in [2.45, 2.75) is 52.4 Å². The van der Waals surface area contributed by atoms with Gasteiger partial charge in [-0.3, -0.25) is 9.59 Å². The SMILES string of the molecule is CC(=O)OCC1O[C@H](CC=O)C(C)[C@@H](C)[C@H]1OC(C)=O. The Morgan fingerprint density at radius 2 is 1.75 bits per heavy atom. The molecule has 0 N–H and O–H groups in total. The van der Waals surface area contributed by atoms with Crippen LogP contribution in [0.5, 0.6) is 0 Å². The molecule has 0 radical (unpaired) electrons. The van der Waals surface area contributed by atoms with Crippen LogP contribution in [0.1, 0.15) is 34.1 Å². The molecule has 0 aromatic carbocycles. The molecular weight excluding hydrogens is 264 g/mol. The van der Waals surface area contributed by atoms with Crippen molar-refractivity contribution in [3.05, 3.63) is 0 Å².